The highest BCUT2D eigenvalue weighted by Crippen LogP contribution is 2.20. The quantitative estimate of drug-likeness (QED) is 0.797. The molecule has 2 rings (SSSR count). The fraction of sp³-hybridized carbons (Fsp3) is 0.231. The van der Waals surface area contributed by atoms with Crippen molar-refractivity contribution in [1.82, 2.24) is 4.31 Å². The van der Waals surface area contributed by atoms with E-state index in [1.807, 2.05) is 0 Å². The summed E-state index contributed by atoms with van der Waals surface area (Å²) in [6.45, 7) is 0.0526. The van der Waals surface area contributed by atoms with Gasteiger partial charge in [-0.3, -0.25) is 0 Å². The van der Waals surface area contributed by atoms with E-state index in [1.54, 1.807) is 6.07 Å². The summed E-state index contributed by atoms with van der Waals surface area (Å²) in [5.74, 6) is 0.0727. The van der Waals surface area contributed by atoms with Gasteiger partial charge < -0.3 is 4.42 Å². The Balaban J connectivity index is 2.21. The van der Waals surface area contributed by atoms with Crippen molar-refractivity contribution in [3.05, 3.63) is 53.5 Å². The smallest absolute Gasteiger partial charge is 0.276 e. The van der Waals surface area contributed by atoms with Crippen molar-refractivity contribution in [1.29, 1.82) is 0 Å². The first-order valence-electron chi connectivity index (χ1n) is 5.79. The number of furan rings is 1. The number of nitrogens with zero attached hydrogens (tertiary/aromatic N) is 1. The summed E-state index contributed by atoms with van der Waals surface area (Å²) in [5.41, 5.74) is 0.556. The maximum Gasteiger partial charge on any atom is 0.276 e. The predicted molar refractivity (Wildman–Crippen MR) is 73.3 cm³/mol. The summed E-state index contributed by atoms with van der Waals surface area (Å²) >= 11 is 5.57. The van der Waals surface area contributed by atoms with Crippen molar-refractivity contribution in [2.45, 2.75) is 17.5 Å². The van der Waals surface area contributed by atoms with E-state index in [1.165, 1.54) is 37.4 Å². The van der Waals surface area contributed by atoms with Gasteiger partial charge in [0.2, 0.25) is 5.09 Å². The molecule has 0 N–H and O–H groups in total. The topological polar surface area (TPSA) is 50.5 Å². The van der Waals surface area contributed by atoms with E-state index in [4.69, 9.17) is 16.0 Å². The van der Waals surface area contributed by atoms with Crippen LogP contribution in [-0.4, -0.2) is 19.8 Å². The van der Waals surface area contributed by atoms with Crippen molar-refractivity contribution >= 4 is 21.6 Å². The molecule has 0 aliphatic carbocycles. The van der Waals surface area contributed by atoms with Crippen LogP contribution < -0.4 is 0 Å². The van der Waals surface area contributed by atoms with E-state index in [0.717, 1.165) is 4.31 Å². The maximum absolute atomic E-state index is 13.1. The molecule has 108 valence electrons. The Kier molecular flexibility index (Phi) is 4.47. The van der Waals surface area contributed by atoms with Crippen LogP contribution in [0, 0.1) is 5.82 Å². The predicted octanol–water partition coefficient (Wildman–Crippen LogP) is 2.98. The van der Waals surface area contributed by atoms with Crippen molar-refractivity contribution in [3.63, 3.8) is 0 Å². The first-order valence-corrected chi connectivity index (χ1v) is 7.76. The Labute approximate surface area is 121 Å². The lowest BCUT2D eigenvalue weighted by Crippen LogP contribution is -2.26. The zero-order valence-electron chi connectivity index (χ0n) is 10.7. The van der Waals surface area contributed by atoms with Crippen molar-refractivity contribution in [2.75, 3.05) is 7.05 Å². The Bertz CT molecular complexity index is 699. The Hall–Kier alpha value is -1.37. The largest absolute Gasteiger partial charge is 0.447 e. The highest BCUT2D eigenvalue weighted by Gasteiger charge is 2.24. The minimum absolute atomic E-state index is 0.0526. The Morgan fingerprint density at radius 2 is 2.05 bits per heavy atom. The Morgan fingerprint density at radius 1 is 1.30 bits per heavy atom. The van der Waals surface area contributed by atoms with E-state index >= 15 is 0 Å². The SMILES string of the molecule is CN(Cc1cccc(F)c1)S(=O)(=O)c1ccc(CCl)o1. The molecule has 0 saturated heterocycles. The normalized spacial score (nSPS) is 12.0. The van der Waals surface area contributed by atoms with Crippen LogP contribution in [-0.2, 0) is 22.4 Å². The van der Waals surface area contributed by atoms with Crippen LogP contribution in [0.5, 0.6) is 0 Å². The van der Waals surface area contributed by atoms with Gasteiger partial charge in [0.05, 0.1) is 5.88 Å². The van der Waals surface area contributed by atoms with Gasteiger partial charge in [-0.05, 0) is 29.8 Å². The molecule has 1 aromatic carbocycles. The van der Waals surface area contributed by atoms with Crippen LogP contribution in [0.1, 0.15) is 11.3 Å². The van der Waals surface area contributed by atoms with Gasteiger partial charge in [0, 0.05) is 13.6 Å². The van der Waals surface area contributed by atoms with Gasteiger partial charge in [-0.1, -0.05) is 12.1 Å². The molecule has 1 aromatic heterocycles. The average Bonchev–Trinajstić information content (AvgIpc) is 2.88. The molecule has 0 radical (unpaired) electrons. The van der Waals surface area contributed by atoms with E-state index < -0.39 is 15.8 Å². The van der Waals surface area contributed by atoms with E-state index in [9.17, 15) is 12.8 Å². The van der Waals surface area contributed by atoms with Crippen LogP contribution in [0.3, 0.4) is 0 Å². The summed E-state index contributed by atoms with van der Waals surface area (Å²) in [4.78, 5) is 0. The molecule has 0 spiro atoms. The zero-order chi connectivity index (χ0) is 14.8. The van der Waals surface area contributed by atoms with Crippen LogP contribution in [0.15, 0.2) is 45.9 Å². The van der Waals surface area contributed by atoms with Crippen molar-refractivity contribution in [2.24, 2.45) is 0 Å². The standard InChI is InChI=1S/C13H13ClFNO3S/c1-16(9-10-3-2-4-11(15)7-10)20(17,18)13-6-5-12(8-14)19-13/h2-7H,8-9H2,1H3. The highest BCUT2D eigenvalue weighted by atomic mass is 35.5. The summed E-state index contributed by atoms with van der Waals surface area (Å²) in [6, 6.07) is 8.64. The molecule has 0 saturated carbocycles. The third kappa shape index (κ3) is 3.20. The first kappa shape index (κ1) is 15.0. The first-order chi connectivity index (χ1) is 9.43. The molecule has 20 heavy (non-hydrogen) atoms. The lowest BCUT2D eigenvalue weighted by atomic mass is 10.2. The lowest BCUT2D eigenvalue weighted by Gasteiger charge is -2.15. The van der Waals surface area contributed by atoms with Crippen molar-refractivity contribution < 1.29 is 17.2 Å². The zero-order valence-corrected chi connectivity index (χ0v) is 12.3. The molecule has 0 aliphatic heterocycles. The third-order valence-corrected chi connectivity index (χ3v) is 4.67. The molecule has 0 fully saturated rings. The molecule has 0 bridgehead atoms. The Morgan fingerprint density at radius 3 is 2.65 bits per heavy atom. The van der Waals surface area contributed by atoms with Crippen LogP contribution in [0.2, 0.25) is 0 Å². The van der Waals surface area contributed by atoms with Crippen LogP contribution in [0.25, 0.3) is 0 Å². The van der Waals surface area contributed by atoms with Crippen molar-refractivity contribution in [3.8, 4) is 0 Å². The summed E-state index contributed by atoms with van der Waals surface area (Å²) in [5, 5.41) is -0.174. The molecule has 0 aliphatic rings. The maximum atomic E-state index is 13.1. The number of hydrogen-bond donors (Lipinski definition) is 0. The second kappa shape index (κ2) is 5.95. The number of hydrogen-bond acceptors (Lipinski definition) is 3. The summed E-state index contributed by atoms with van der Waals surface area (Å²) in [6.07, 6.45) is 0. The highest BCUT2D eigenvalue weighted by molar-refractivity contribution is 7.88. The van der Waals surface area contributed by atoms with Crippen LogP contribution in [0.4, 0.5) is 4.39 Å². The summed E-state index contributed by atoms with van der Waals surface area (Å²) < 4.78 is 43.8. The molecule has 2 aromatic rings. The van der Waals surface area contributed by atoms with Gasteiger partial charge in [0.15, 0.2) is 0 Å². The van der Waals surface area contributed by atoms with Gasteiger partial charge in [-0.15, -0.1) is 11.6 Å². The van der Waals surface area contributed by atoms with E-state index in [2.05, 4.69) is 0 Å². The van der Waals surface area contributed by atoms with E-state index in [0.29, 0.717) is 11.3 Å². The van der Waals surface area contributed by atoms with Gasteiger partial charge in [-0.25, -0.2) is 12.8 Å². The fourth-order valence-electron chi connectivity index (χ4n) is 1.70. The number of sulfonamides is 1. The van der Waals surface area contributed by atoms with Gasteiger partial charge in [0.25, 0.3) is 10.0 Å². The molecule has 0 unspecified atom stereocenters. The second-order valence-corrected chi connectivity index (χ2v) is 6.49. The minimum atomic E-state index is -3.75. The number of rotatable bonds is 5. The van der Waals surface area contributed by atoms with Gasteiger partial charge in [0.1, 0.15) is 11.6 Å². The van der Waals surface area contributed by atoms with E-state index in [-0.39, 0.29) is 17.5 Å². The lowest BCUT2D eigenvalue weighted by molar-refractivity contribution is 0.393. The molecule has 4 nitrogen and oxygen atoms in total. The van der Waals surface area contributed by atoms with Crippen LogP contribution >= 0.6 is 11.6 Å². The molecular weight excluding hydrogens is 305 g/mol. The van der Waals surface area contributed by atoms with Gasteiger partial charge >= 0.3 is 0 Å². The average molecular weight is 318 g/mol. The number of halogens is 2. The minimum Gasteiger partial charge on any atom is -0.447 e. The number of alkyl halides is 1. The number of benzene rings is 1. The monoisotopic (exact) mass is 317 g/mol. The molecular formula is C13H13ClFNO3S. The molecule has 0 amide bonds. The third-order valence-electron chi connectivity index (χ3n) is 2.73. The summed E-state index contributed by atoms with van der Waals surface area (Å²) in [7, 11) is -2.35. The molecule has 1 heterocycles. The molecule has 7 heteroatoms. The van der Waals surface area contributed by atoms with Gasteiger partial charge in [-0.2, -0.15) is 4.31 Å². The fourth-order valence-corrected chi connectivity index (χ4v) is 2.92. The second-order valence-electron chi connectivity index (χ2n) is 4.25. The molecule has 0 atom stereocenters.